The summed E-state index contributed by atoms with van der Waals surface area (Å²) >= 11 is 0. The van der Waals surface area contributed by atoms with Gasteiger partial charge in [0, 0.05) is 45.2 Å². The van der Waals surface area contributed by atoms with Crippen molar-refractivity contribution in [1.29, 1.82) is 0 Å². The molecule has 2 fully saturated rings. The van der Waals surface area contributed by atoms with Gasteiger partial charge in [-0.3, -0.25) is 14.4 Å². The summed E-state index contributed by atoms with van der Waals surface area (Å²) in [4.78, 5) is 41.0. The Balaban J connectivity index is 1.85. The van der Waals surface area contributed by atoms with E-state index in [9.17, 15) is 14.4 Å². The number of hydrogen-bond donors (Lipinski definition) is 1. The molecule has 32 heavy (non-hydrogen) atoms. The molecule has 2 heterocycles. The number of amides is 2. The van der Waals surface area contributed by atoms with Crippen LogP contribution in [0, 0.1) is 0 Å². The molecule has 7 nitrogen and oxygen atoms in total. The van der Waals surface area contributed by atoms with Crippen LogP contribution in [0.1, 0.15) is 98.3 Å². The molecule has 0 aromatic carbocycles. The molecule has 1 aliphatic heterocycles. The van der Waals surface area contributed by atoms with Crippen LogP contribution >= 0.6 is 0 Å². The van der Waals surface area contributed by atoms with Crippen molar-refractivity contribution in [3.05, 3.63) is 33.7 Å². The lowest BCUT2D eigenvalue weighted by molar-refractivity contribution is 0.0787. The van der Waals surface area contributed by atoms with Crippen LogP contribution < -0.4 is 10.7 Å². The zero-order valence-corrected chi connectivity index (χ0v) is 19.7. The van der Waals surface area contributed by atoms with Crippen LogP contribution in [-0.4, -0.2) is 53.6 Å². The molecule has 7 heteroatoms. The molecule has 0 spiro atoms. The predicted octanol–water partition coefficient (Wildman–Crippen LogP) is 3.74. The van der Waals surface area contributed by atoms with Crippen LogP contribution in [0.2, 0.25) is 0 Å². The van der Waals surface area contributed by atoms with E-state index in [1.165, 1.54) is 19.3 Å². The predicted molar refractivity (Wildman–Crippen MR) is 125 cm³/mol. The zero-order chi connectivity index (χ0) is 22.9. The van der Waals surface area contributed by atoms with E-state index in [1.54, 1.807) is 28.9 Å². The highest BCUT2D eigenvalue weighted by Crippen LogP contribution is 2.18. The summed E-state index contributed by atoms with van der Waals surface area (Å²) in [5.41, 5.74) is -0.364. The number of nitrogens with one attached hydrogen (secondary N) is 1. The van der Waals surface area contributed by atoms with Gasteiger partial charge in [-0.15, -0.1) is 0 Å². The topological polar surface area (TPSA) is 80.6 Å². The van der Waals surface area contributed by atoms with Crippen molar-refractivity contribution in [3.63, 3.8) is 0 Å². The first kappa shape index (κ1) is 24.5. The Labute approximate surface area is 191 Å². The molecule has 0 unspecified atom stereocenters. The molecule has 1 aromatic heterocycles. The standard InChI is InChI=1S/C25H39N3O4/c1-3-4-14-27(2)25(31)22-18-28(16-20-13-10-15-32-20)17-21(23(22)29)24(30)26-19-11-8-6-5-7-9-12-19/h17-20H,3-16H2,1-2H3,(H,26,30)/t20-/m0/s1. The maximum Gasteiger partial charge on any atom is 0.259 e. The average Bonchev–Trinajstić information content (AvgIpc) is 3.27. The molecular formula is C25H39N3O4. The van der Waals surface area contributed by atoms with E-state index in [4.69, 9.17) is 4.74 Å². The first-order valence-corrected chi connectivity index (χ1v) is 12.4. The second kappa shape index (κ2) is 12.2. The number of nitrogens with zero attached hydrogens (tertiary/aromatic N) is 2. The van der Waals surface area contributed by atoms with Gasteiger partial charge in [0.05, 0.1) is 6.10 Å². The molecule has 2 aliphatic rings. The fourth-order valence-electron chi connectivity index (χ4n) is 4.64. The first-order valence-electron chi connectivity index (χ1n) is 12.4. The van der Waals surface area contributed by atoms with E-state index in [0.29, 0.717) is 13.1 Å². The normalized spacial score (nSPS) is 19.9. The van der Waals surface area contributed by atoms with Gasteiger partial charge in [-0.1, -0.05) is 45.4 Å². The van der Waals surface area contributed by atoms with Crippen molar-refractivity contribution in [2.75, 3.05) is 20.2 Å². The van der Waals surface area contributed by atoms with Gasteiger partial charge in [0.1, 0.15) is 11.1 Å². The second-order valence-corrected chi connectivity index (χ2v) is 9.34. The Morgan fingerprint density at radius 1 is 1.06 bits per heavy atom. The average molecular weight is 446 g/mol. The lowest BCUT2D eigenvalue weighted by atomic mass is 9.96. The number of aromatic nitrogens is 1. The summed E-state index contributed by atoms with van der Waals surface area (Å²) in [7, 11) is 1.71. The summed E-state index contributed by atoms with van der Waals surface area (Å²) < 4.78 is 7.54. The summed E-state index contributed by atoms with van der Waals surface area (Å²) in [6.45, 7) is 3.90. The largest absolute Gasteiger partial charge is 0.376 e. The minimum atomic E-state index is -0.481. The van der Waals surface area contributed by atoms with Gasteiger partial charge in [0.25, 0.3) is 11.8 Å². The maximum atomic E-state index is 13.2. The lowest BCUT2D eigenvalue weighted by Crippen LogP contribution is -2.40. The van der Waals surface area contributed by atoms with Crippen molar-refractivity contribution >= 4 is 11.8 Å². The Hall–Kier alpha value is -2.15. The molecule has 1 aromatic rings. The van der Waals surface area contributed by atoms with E-state index in [0.717, 1.165) is 58.0 Å². The third kappa shape index (κ3) is 6.67. The van der Waals surface area contributed by atoms with Crippen LogP contribution in [0.5, 0.6) is 0 Å². The monoisotopic (exact) mass is 445 g/mol. The van der Waals surface area contributed by atoms with E-state index in [2.05, 4.69) is 12.2 Å². The first-order chi connectivity index (χ1) is 15.5. The molecule has 178 valence electrons. The van der Waals surface area contributed by atoms with E-state index in [-0.39, 0.29) is 35.1 Å². The SMILES string of the molecule is CCCCN(C)C(=O)c1cn(C[C@@H]2CCCO2)cc(C(=O)NC2CCCCCCC2)c1=O. The van der Waals surface area contributed by atoms with Gasteiger partial charge in [-0.05, 0) is 32.1 Å². The van der Waals surface area contributed by atoms with Gasteiger partial charge >= 0.3 is 0 Å². The Morgan fingerprint density at radius 3 is 2.41 bits per heavy atom. The number of hydrogen-bond acceptors (Lipinski definition) is 4. The zero-order valence-electron chi connectivity index (χ0n) is 19.7. The molecule has 2 amide bonds. The number of rotatable bonds is 8. The highest BCUT2D eigenvalue weighted by molar-refractivity contribution is 5.99. The number of carbonyl (C=O) groups is 2. The quantitative estimate of drug-likeness (QED) is 0.661. The molecule has 0 bridgehead atoms. The summed E-state index contributed by atoms with van der Waals surface area (Å²) in [6.07, 6.45) is 14.7. The highest BCUT2D eigenvalue weighted by Gasteiger charge is 2.25. The number of ether oxygens (including phenoxy) is 1. The van der Waals surface area contributed by atoms with Gasteiger partial charge in [-0.25, -0.2) is 0 Å². The van der Waals surface area contributed by atoms with Crippen LogP contribution in [0.25, 0.3) is 0 Å². The minimum absolute atomic E-state index is 0.0415. The van der Waals surface area contributed by atoms with E-state index >= 15 is 0 Å². The number of carbonyl (C=O) groups excluding carboxylic acids is 2. The number of unbranched alkanes of at least 4 members (excludes halogenated alkanes) is 1. The fraction of sp³-hybridized carbons (Fsp3) is 0.720. The van der Waals surface area contributed by atoms with Crippen molar-refractivity contribution < 1.29 is 14.3 Å². The van der Waals surface area contributed by atoms with Crippen LogP contribution in [0.4, 0.5) is 0 Å². The molecule has 3 rings (SSSR count). The van der Waals surface area contributed by atoms with Crippen molar-refractivity contribution in [2.45, 2.75) is 96.2 Å². The van der Waals surface area contributed by atoms with Crippen LogP contribution in [0.3, 0.4) is 0 Å². The van der Waals surface area contributed by atoms with E-state index in [1.807, 2.05) is 0 Å². The smallest absolute Gasteiger partial charge is 0.259 e. The summed E-state index contributed by atoms with van der Waals surface area (Å²) in [5, 5.41) is 3.09. The fourth-order valence-corrected chi connectivity index (χ4v) is 4.64. The van der Waals surface area contributed by atoms with Crippen molar-refractivity contribution in [3.8, 4) is 0 Å². The Morgan fingerprint density at radius 2 is 1.75 bits per heavy atom. The van der Waals surface area contributed by atoms with Gasteiger partial charge in [0.2, 0.25) is 5.43 Å². The Bertz CT molecular complexity index is 821. The van der Waals surface area contributed by atoms with Crippen molar-refractivity contribution in [1.82, 2.24) is 14.8 Å². The van der Waals surface area contributed by atoms with Gasteiger partial charge in [0.15, 0.2) is 0 Å². The molecule has 1 atom stereocenters. The third-order valence-electron chi connectivity index (χ3n) is 6.63. The van der Waals surface area contributed by atoms with Gasteiger partial charge in [-0.2, -0.15) is 0 Å². The third-order valence-corrected chi connectivity index (χ3v) is 6.63. The summed E-state index contributed by atoms with van der Waals surface area (Å²) in [6, 6.07) is 0.0837. The Kier molecular flexibility index (Phi) is 9.33. The van der Waals surface area contributed by atoms with Gasteiger partial charge < -0.3 is 19.5 Å². The van der Waals surface area contributed by atoms with Crippen LogP contribution in [-0.2, 0) is 11.3 Å². The molecule has 1 saturated carbocycles. The second-order valence-electron chi connectivity index (χ2n) is 9.34. The maximum absolute atomic E-state index is 13.2. The lowest BCUT2D eigenvalue weighted by Gasteiger charge is -2.22. The van der Waals surface area contributed by atoms with E-state index < -0.39 is 5.43 Å². The highest BCUT2D eigenvalue weighted by atomic mass is 16.5. The molecule has 1 aliphatic carbocycles. The molecule has 1 saturated heterocycles. The minimum Gasteiger partial charge on any atom is -0.376 e. The molecule has 0 radical (unpaired) electrons. The molecule has 1 N–H and O–H groups in total. The molecular weight excluding hydrogens is 406 g/mol. The van der Waals surface area contributed by atoms with Crippen molar-refractivity contribution in [2.24, 2.45) is 0 Å². The van der Waals surface area contributed by atoms with Crippen LogP contribution in [0.15, 0.2) is 17.2 Å². The number of pyridine rings is 1. The summed E-state index contributed by atoms with van der Waals surface area (Å²) in [5.74, 6) is -0.697.